The van der Waals surface area contributed by atoms with Gasteiger partial charge in [-0.25, -0.2) is 9.18 Å². The fourth-order valence-electron chi connectivity index (χ4n) is 4.17. The summed E-state index contributed by atoms with van der Waals surface area (Å²) >= 11 is 0. The van der Waals surface area contributed by atoms with Gasteiger partial charge in [0.1, 0.15) is 23.2 Å². The summed E-state index contributed by atoms with van der Waals surface area (Å²) in [5, 5.41) is 9.64. The first-order chi connectivity index (χ1) is 14.4. The lowest BCUT2D eigenvalue weighted by Gasteiger charge is -2.33. The molecular formula is C23H28FN3O3. The van der Waals surface area contributed by atoms with Gasteiger partial charge in [0.25, 0.3) is 0 Å². The van der Waals surface area contributed by atoms with Crippen LogP contribution in [0, 0.1) is 17.1 Å². The number of benzene rings is 1. The van der Waals surface area contributed by atoms with E-state index in [0.717, 1.165) is 19.4 Å². The predicted octanol–water partition coefficient (Wildman–Crippen LogP) is 3.84. The zero-order chi connectivity index (χ0) is 21.8. The van der Waals surface area contributed by atoms with E-state index in [4.69, 9.17) is 15.2 Å². The Labute approximate surface area is 176 Å². The second-order valence-electron chi connectivity index (χ2n) is 7.78. The van der Waals surface area contributed by atoms with Crippen molar-refractivity contribution < 1.29 is 18.7 Å². The van der Waals surface area contributed by atoms with E-state index in [0.29, 0.717) is 23.7 Å². The number of carbonyl (C=O) groups is 1. The molecule has 1 aromatic carbocycles. The molecule has 3 rings (SSSR count). The number of nitriles is 1. The lowest BCUT2D eigenvalue weighted by Crippen LogP contribution is -2.37. The molecule has 0 radical (unpaired) electrons. The van der Waals surface area contributed by atoms with E-state index in [-0.39, 0.29) is 35.2 Å². The summed E-state index contributed by atoms with van der Waals surface area (Å²) < 4.78 is 25.6. The average Bonchev–Trinajstić information content (AvgIpc) is 2.70. The van der Waals surface area contributed by atoms with Gasteiger partial charge in [0.15, 0.2) is 0 Å². The molecule has 0 spiro atoms. The highest BCUT2D eigenvalue weighted by Gasteiger charge is 2.36. The van der Waals surface area contributed by atoms with Crippen molar-refractivity contribution in [2.45, 2.75) is 58.5 Å². The Morgan fingerprint density at radius 1 is 1.43 bits per heavy atom. The van der Waals surface area contributed by atoms with Gasteiger partial charge in [-0.05, 0) is 51.8 Å². The van der Waals surface area contributed by atoms with Gasteiger partial charge in [0, 0.05) is 18.2 Å². The standard InChI is InChI=1S/C23H28FN3O3/c1-4-29-23(28)20-15(3)30-22(26)18(12-25)21(20)16-8-9-17(19(24)11-16)13-27-10-6-5-7-14(27)2/h8-9,11,14,21H,4-7,10,13,26H2,1-3H3. The Morgan fingerprint density at radius 2 is 2.20 bits per heavy atom. The van der Waals surface area contributed by atoms with Crippen LogP contribution in [0.1, 0.15) is 57.1 Å². The minimum atomic E-state index is -0.833. The van der Waals surface area contributed by atoms with Gasteiger partial charge in [0.2, 0.25) is 5.88 Å². The molecule has 2 atom stereocenters. The van der Waals surface area contributed by atoms with Gasteiger partial charge in [0.05, 0.1) is 18.1 Å². The molecule has 2 aliphatic heterocycles. The number of hydrogen-bond acceptors (Lipinski definition) is 6. The van der Waals surface area contributed by atoms with Gasteiger partial charge < -0.3 is 15.2 Å². The first-order valence-electron chi connectivity index (χ1n) is 10.3. The zero-order valence-electron chi connectivity index (χ0n) is 17.7. The van der Waals surface area contributed by atoms with Gasteiger partial charge in [-0.2, -0.15) is 5.26 Å². The second-order valence-corrected chi connectivity index (χ2v) is 7.78. The minimum absolute atomic E-state index is 0.0699. The summed E-state index contributed by atoms with van der Waals surface area (Å²) in [6.45, 7) is 7.10. The molecule has 2 unspecified atom stereocenters. The molecule has 0 bridgehead atoms. The van der Waals surface area contributed by atoms with Crippen LogP contribution in [0.4, 0.5) is 4.39 Å². The Morgan fingerprint density at radius 3 is 2.83 bits per heavy atom. The maximum Gasteiger partial charge on any atom is 0.338 e. The quantitative estimate of drug-likeness (QED) is 0.738. The number of nitrogens with two attached hydrogens (primary N) is 1. The van der Waals surface area contributed by atoms with Crippen LogP contribution in [0.25, 0.3) is 0 Å². The van der Waals surface area contributed by atoms with Gasteiger partial charge in [-0.3, -0.25) is 4.90 Å². The van der Waals surface area contributed by atoms with E-state index in [9.17, 15) is 10.1 Å². The molecule has 1 aromatic rings. The summed E-state index contributed by atoms with van der Waals surface area (Å²) in [5.74, 6) is -1.64. The first kappa shape index (κ1) is 21.8. The third kappa shape index (κ3) is 4.34. The van der Waals surface area contributed by atoms with Crippen LogP contribution < -0.4 is 5.73 Å². The number of rotatable bonds is 5. The molecule has 30 heavy (non-hydrogen) atoms. The molecule has 1 saturated heterocycles. The maximum atomic E-state index is 15.1. The third-order valence-electron chi connectivity index (χ3n) is 5.83. The maximum absolute atomic E-state index is 15.1. The largest absolute Gasteiger partial charge is 0.463 e. The number of halogens is 1. The predicted molar refractivity (Wildman–Crippen MR) is 110 cm³/mol. The van der Waals surface area contributed by atoms with E-state index < -0.39 is 11.9 Å². The van der Waals surface area contributed by atoms with Crippen molar-refractivity contribution in [1.29, 1.82) is 5.26 Å². The van der Waals surface area contributed by atoms with E-state index >= 15 is 4.39 Å². The first-order valence-corrected chi connectivity index (χ1v) is 10.3. The SMILES string of the molecule is CCOC(=O)C1=C(C)OC(N)=C(C#N)C1c1ccc(CN2CCCCC2C)c(F)c1. The Bertz CT molecular complexity index is 932. The number of ether oxygens (including phenoxy) is 2. The van der Waals surface area contributed by atoms with Crippen LogP contribution in [0.3, 0.4) is 0 Å². The molecule has 6 nitrogen and oxygen atoms in total. The Balaban J connectivity index is 1.96. The molecule has 0 aliphatic carbocycles. The summed E-state index contributed by atoms with van der Waals surface area (Å²) in [4.78, 5) is 14.9. The molecule has 7 heteroatoms. The van der Waals surface area contributed by atoms with Crippen molar-refractivity contribution in [3.8, 4) is 6.07 Å². The van der Waals surface area contributed by atoms with Gasteiger partial charge >= 0.3 is 5.97 Å². The monoisotopic (exact) mass is 413 g/mol. The molecule has 0 saturated carbocycles. The molecular weight excluding hydrogens is 385 g/mol. The minimum Gasteiger partial charge on any atom is -0.463 e. The molecule has 2 N–H and O–H groups in total. The molecule has 2 heterocycles. The van der Waals surface area contributed by atoms with Crippen molar-refractivity contribution in [1.82, 2.24) is 4.90 Å². The summed E-state index contributed by atoms with van der Waals surface area (Å²) in [6, 6.07) is 7.29. The Hall–Kier alpha value is -2.85. The van der Waals surface area contributed by atoms with Crippen molar-refractivity contribution >= 4 is 5.97 Å². The van der Waals surface area contributed by atoms with Crippen LogP contribution in [0.15, 0.2) is 41.0 Å². The van der Waals surface area contributed by atoms with Crippen LogP contribution >= 0.6 is 0 Å². The fraction of sp³-hybridized carbons (Fsp3) is 0.478. The van der Waals surface area contributed by atoms with Crippen molar-refractivity contribution in [2.75, 3.05) is 13.2 Å². The summed E-state index contributed by atoms with van der Waals surface area (Å²) in [7, 11) is 0. The number of esters is 1. The summed E-state index contributed by atoms with van der Waals surface area (Å²) in [6.07, 6.45) is 3.44. The zero-order valence-corrected chi connectivity index (χ0v) is 17.7. The third-order valence-corrected chi connectivity index (χ3v) is 5.83. The van der Waals surface area contributed by atoms with E-state index in [2.05, 4.69) is 11.8 Å². The number of likely N-dealkylation sites (tertiary alicyclic amines) is 1. The lowest BCUT2D eigenvalue weighted by atomic mass is 9.82. The highest BCUT2D eigenvalue weighted by molar-refractivity contribution is 5.92. The topological polar surface area (TPSA) is 88.6 Å². The highest BCUT2D eigenvalue weighted by Crippen LogP contribution is 2.40. The van der Waals surface area contributed by atoms with Gasteiger partial charge in [-0.15, -0.1) is 0 Å². The fourth-order valence-corrected chi connectivity index (χ4v) is 4.17. The number of hydrogen-bond donors (Lipinski definition) is 1. The molecule has 0 amide bonds. The lowest BCUT2D eigenvalue weighted by molar-refractivity contribution is -0.139. The number of carbonyl (C=O) groups excluding carboxylic acids is 1. The van der Waals surface area contributed by atoms with E-state index in [1.807, 2.05) is 6.07 Å². The van der Waals surface area contributed by atoms with Crippen LogP contribution in [0.2, 0.25) is 0 Å². The molecule has 2 aliphatic rings. The number of piperidine rings is 1. The molecule has 1 fully saturated rings. The van der Waals surface area contributed by atoms with Crippen LogP contribution in [-0.4, -0.2) is 30.1 Å². The van der Waals surface area contributed by atoms with Crippen molar-refractivity contribution in [3.63, 3.8) is 0 Å². The van der Waals surface area contributed by atoms with Crippen molar-refractivity contribution in [2.24, 2.45) is 5.73 Å². The number of allylic oxidation sites excluding steroid dienone is 2. The molecule has 160 valence electrons. The second kappa shape index (κ2) is 9.31. The van der Waals surface area contributed by atoms with Crippen molar-refractivity contribution in [3.05, 3.63) is 57.9 Å². The average molecular weight is 413 g/mol. The van der Waals surface area contributed by atoms with Gasteiger partial charge in [-0.1, -0.05) is 18.6 Å². The highest BCUT2D eigenvalue weighted by atomic mass is 19.1. The smallest absolute Gasteiger partial charge is 0.338 e. The summed E-state index contributed by atoms with van der Waals surface area (Å²) in [5.41, 5.74) is 7.19. The van der Waals surface area contributed by atoms with Crippen LogP contribution in [0.5, 0.6) is 0 Å². The Kier molecular flexibility index (Phi) is 6.78. The molecule has 0 aromatic heterocycles. The normalized spacial score (nSPS) is 22.5. The number of nitrogens with zero attached hydrogens (tertiary/aromatic N) is 2. The van der Waals surface area contributed by atoms with E-state index in [1.165, 1.54) is 12.5 Å². The van der Waals surface area contributed by atoms with Crippen LogP contribution in [-0.2, 0) is 20.8 Å². The van der Waals surface area contributed by atoms with E-state index in [1.54, 1.807) is 26.0 Å².